The Hall–Kier alpha value is -2.06. The fourth-order valence-corrected chi connectivity index (χ4v) is 3.58. The first-order valence-corrected chi connectivity index (χ1v) is 10.0. The molecule has 3 rings (SSSR count). The Labute approximate surface area is 173 Å². The quantitative estimate of drug-likeness (QED) is 0.685. The molecular formula is C21H24BrN3O3. The van der Waals surface area contributed by atoms with E-state index in [4.69, 9.17) is 4.74 Å². The van der Waals surface area contributed by atoms with E-state index in [1.165, 1.54) is 0 Å². The van der Waals surface area contributed by atoms with Crippen LogP contribution in [-0.2, 0) is 16.1 Å². The van der Waals surface area contributed by atoms with E-state index in [-0.39, 0.29) is 18.2 Å². The number of morpholine rings is 1. The summed E-state index contributed by atoms with van der Waals surface area (Å²) < 4.78 is 6.42. The summed E-state index contributed by atoms with van der Waals surface area (Å²) in [6.45, 7) is 2.68. The van der Waals surface area contributed by atoms with Crippen LogP contribution in [-0.4, -0.2) is 56.0 Å². The van der Waals surface area contributed by atoms with E-state index >= 15 is 0 Å². The summed E-state index contributed by atoms with van der Waals surface area (Å²) in [5.74, 6) is -0.114. The first-order valence-electron chi connectivity index (χ1n) is 9.22. The summed E-state index contributed by atoms with van der Waals surface area (Å²) >= 11 is 3.57. The van der Waals surface area contributed by atoms with Crippen LogP contribution in [0.4, 0.5) is 5.69 Å². The van der Waals surface area contributed by atoms with E-state index < -0.39 is 6.10 Å². The third kappa shape index (κ3) is 5.48. The van der Waals surface area contributed by atoms with Gasteiger partial charge in [0.05, 0.1) is 13.2 Å². The molecule has 1 aliphatic rings. The van der Waals surface area contributed by atoms with E-state index in [9.17, 15) is 9.59 Å². The number of rotatable bonds is 7. The van der Waals surface area contributed by atoms with E-state index in [1.807, 2.05) is 48.3 Å². The molecular weight excluding hydrogens is 422 g/mol. The number of Topliss-reactive ketones (excluding diaryl/α,β-unsaturated/α-hetero) is 1. The second kappa shape index (κ2) is 9.93. The number of hydrogen-bond acceptors (Lipinski definition) is 5. The zero-order chi connectivity index (χ0) is 19.9. The second-order valence-corrected chi connectivity index (χ2v) is 7.64. The number of amides is 1. The smallest absolute Gasteiger partial charge is 0.255 e. The number of ketones is 1. The number of nitrogens with zero attached hydrogens (tertiary/aromatic N) is 1. The van der Waals surface area contributed by atoms with Gasteiger partial charge in [0.25, 0.3) is 5.91 Å². The number of carbonyl (C=O) groups is 2. The van der Waals surface area contributed by atoms with Crippen LogP contribution in [0.25, 0.3) is 0 Å². The monoisotopic (exact) mass is 445 g/mol. The zero-order valence-electron chi connectivity index (χ0n) is 15.8. The largest absolute Gasteiger partial charge is 0.368 e. The summed E-state index contributed by atoms with van der Waals surface area (Å²) in [4.78, 5) is 26.9. The lowest BCUT2D eigenvalue weighted by molar-refractivity contribution is -0.132. The van der Waals surface area contributed by atoms with Gasteiger partial charge in [-0.15, -0.1) is 0 Å². The van der Waals surface area contributed by atoms with Crippen LogP contribution < -0.4 is 10.6 Å². The first-order chi connectivity index (χ1) is 13.5. The Morgan fingerprint density at radius 1 is 1.21 bits per heavy atom. The fourth-order valence-electron chi connectivity index (χ4n) is 3.09. The molecule has 1 amide bonds. The van der Waals surface area contributed by atoms with E-state index in [1.54, 1.807) is 12.1 Å². The summed E-state index contributed by atoms with van der Waals surface area (Å²) in [6.07, 6.45) is -0.396. The van der Waals surface area contributed by atoms with Crippen molar-refractivity contribution in [3.05, 3.63) is 64.1 Å². The highest BCUT2D eigenvalue weighted by Crippen LogP contribution is 2.26. The molecule has 1 atom stereocenters. The van der Waals surface area contributed by atoms with Crippen LogP contribution in [0.2, 0.25) is 0 Å². The highest BCUT2D eigenvalue weighted by molar-refractivity contribution is 9.10. The predicted octanol–water partition coefficient (Wildman–Crippen LogP) is 2.69. The van der Waals surface area contributed by atoms with Gasteiger partial charge in [-0.05, 0) is 31.3 Å². The minimum atomic E-state index is -0.396. The lowest BCUT2D eigenvalue weighted by atomic mass is 10.1. The van der Waals surface area contributed by atoms with Crippen molar-refractivity contribution in [3.63, 3.8) is 0 Å². The zero-order valence-corrected chi connectivity index (χ0v) is 17.4. The molecule has 28 heavy (non-hydrogen) atoms. The Balaban J connectivity index is 1.67. The number of benzene rings is 2. The molecule has 0 aromatic heterocycles. The summed E-state index contributed by atoms with van der Waals surface area (Å²) in [7, 11) is 1.89. The molecule has 7 heteroatoms. The highest BCUT2D eigenvalue weighted by Gasteiger charge is 2.23. The van der Waals surface area contributed by atoms with Crippen LogP contribution in [0.1, 0.15) is 15.9 Å². The fraction of sp³-hybridized carbons (Fsp3) is 0.333. The standard InChI is InChI=1S/C21H24BrN3O3/c1-25(14-19(26)20-12-23-10-11-28-20)13-16-17(22)8-5-9-18(16)24-21(27)15-6-3-2-4-7-15/h2-9,20,23H,10-14H2,1H3,(H,24,27). The average Bonchev–Trinajstić information content (AvgIpc) is 2.72. The van der Waals surface area contributed by atoms with Crippen molar-refractivity contribution in [2.24, 2.45) is 0 Å². The van der Waals surface area contributed by atoms with Gasteiger partial charge in [-0.2, -0.15) is 0 Å². The van der Waals surface area contributed by atoms with Crippen molar-refractivity contribution >= 4 is 33.3 Å². The Morgan fingerprint density at radius 2 is 2.00 bits per heavy atom. The number of ether oxygens (including phenoxy) is 1. The minimum absolute atomic E-state index is 0.0524. The molecule has 1 heterocycles. The maximum absolute atomic E-state index is 12.5. The molecule has 1 saturated heterocycles. The van der Waals surface area contributed by atoms with E-state index in [0.29, 0.717) is 25.3 Å². The molecule has 148 valence electrons. The van der Waals surface area contributed by atoms with Crippen molar-refractivity contribution in [1.29, 1.82) is 0 Å². The molecule has 6 nitrogen and oxygen atoms in total. The minimum Gasteiger partial charge on any atom is -0.368 e. The number of likely N-dealkylation sites (N-methyl/N-ethyl adjacent to an activating group) is 1. The lowest BCUT2D eigenvalue weighted by Crippen LogP contribution is -2.46. The van der Waals surface area contributed by atoms with E-state index in [0.717, 1.165) is 22.3 Å². The van der Waals surface area contributed by atoms with Crippen molar-refractivity contribution in [2.45, 2.75) is 12.6 Å². The SMILES string of the molecule is CN(CC(=O)C1CNCCO1)Cc1c(Br)cccc1NC(=O)c1ccccc1. The number of hydrogen-bond donors (Lipinski definition) is 2. The molecule has 0 saturated carbocycles. The maximum Gasteiger partial charge on any atom is 0.255 e. The Morgan fingerprint density at radius 3 is 2.71 bits per heavy atom. The van der Waals surface area contributed by atoms with Gasteiger partial charge < -0.3 is 15.4 Å². The van der Waals surface area contributed by atoms with Gasteiger partial charge in [0.2, 0.25) is 0 Å². The number of anilines is 1. The number of carbonyl (C=O) groups excluding carboxylic acids is 2. The Bertz CT molecular complexity index is 823. The second-order valence-electron chi connectivity index (χ2n) is 6.79. The van der Waals surface area contributed by atoms with Gasteiger partial charge in [0, 0.05) is 40.9 Å². The molecule has 0 aliphatic carbocycles. The van der Waals surface area contributed by atoms with Gasteiger partial charge in [0.1, 0.15) is 6.10 Å². The van der Waals surface area contributed by atoms with Crippen LogP contribution in [0, 0.1) is 0 Å². The topological polar surface area (TPSA) is 70.7 Å². The van der Waals surface area contributed by atoms with Crippen LogP contribution in [0.15, 0.2) is 53.0 Å². The average molecular weight is 446 g/mol. The maximum atomic E-state index is 12.5. The van der Waals surface area contributed by atoms with Crippen LogP contribution in [0.5, 0.6) is 0 Å². The molecule has 0 radical (unpaired) electrons. The number of nitrogens with one attached hydrogen (secondary N) is 2. The molecule has 1 fully saturated rings. The molecule has 1 unspecified atom stereocenters. The highest BCUT2D eigenvalue weighted by atomic mass is 79.9. The summed E-state index contributed by atoms with van der Waals surface area (Å²) in [6, 6.07) is 14.8. The molecule has 2 aromatic carbocycles. The van der Waals surface area contributed by atoms with Gasteiger partial charge in [-0.3, -0.25) is 14.5 Å². The number of halogens is 1. The van der Waals surface area contributed by atoms with Crippen molar-refractivity contribution in [3.8, 4) is 0 Å². The molecule has 2 aromatic rings. The molecule has 2 N–H and O–H groups in total. The third-order valence-corrected chi connectivity index (χ3v) is 5.29. The molecule has 1 aliphatic heterocycles. The van der Waals surface area contributed by atoms with Gasteiger partial charge in [-0.25, -0.2) is 0 Å². The summed E-state index contributed by atoms with van der Waals surface area (Å²) in [5.41, 5.74) is 2.24. The van der Waals surface area contributed by atoms with Crippen LogP contribution in [0.3, 0.4) is 0 Å². The first kappa shape index (κ1) is 20.7. The predicted molar refractivity (Wildman–Crippen MR) is 112 cm³/mol. The van der Waals surface area contributed by atoms with Crippen molar-refractivity contribution in [2.75, 3.05) is 38.6 Å². The van der Waals surface area contributed by atoms with Gasteiger partial charge in [0.15, 0.2) is 5.78 Å². The van der Waals surface area contributed by atoms with Gasteiger partial charge >= 0.3 is 0 Å². The van der Waals surface area contributed by atoms with Crippen molar-refractivity contribution in [1.82, 2.24) is 10.2 Å². The summed E-state index contributed by atoms with van der Waals surface area (Å²) in [5, 5.41) is 6.15. The third-order valence-electron chi connectivity index (χ3n) is 4.54. The molecule has 0 spiro atoms. The molecule has 0 bridgehead atoms. The van der Waals surface area contributed by atoms with Crippen LogP contribution >= 0.6 is 15.9 Å². The van der Waals surface area contributed by atoms with Gasteiger partial charge in [-0.1, -0.05) is 40.2 Å². The normalized spacial score (nSPS) is 16.8. The Kier molecular flexibility index (Phi) is 7.33. The van der Waals surface area contributed by atoms with Crippen molar-refractivity contribution < 1.29 is 14.3 Å². The van der Waals surface area contributed by atoms with E-state index in [2.05, 4.69) is 26.6 Å². The lowest BCUT2D eigenvalue weighted by Gasteiger charge is -2.25.